The van der Waals surface area contributed by atoms with Gasteiger partial charge < -0.3 is 18.4 Å². The number of carbonyl (C=O) groups is 1. The van der Waals surface area contributed by atoms with Crippen LogP contribution in [0.4, 0.5) is 0 Å². The third-order valence-corrected chi connectivity index (χ3v) is 3.28. The molecule has 0 spiro atoms. The summed E-state index contributed by atoms with van der Waals surface area (Å²) in [5.74, 6) is 2.07. The van der Waals surface area contributed by atoms with E-state index in [2.05, 4.69) is 10.1 Å². The quantitative estimate of drug-likeness (QED) is 0.456. The molecule has 0 bridgehead atoms. The summed E-state index contributed by atoms with van der Waals surface area (Å²) >= 11 is 0. The highest BCUT2D eigenvalue weighted by Crippen LogP contribution is 2.19. The third kappa shape index (κ3) is 4.69. The highest BCUT2D eigenvalue weighted by molar-refractivity contribution is 5.72. The maximum Gasteiger partial charge on any atom is 0.311 e. The van der Waals surface area contributed by atoms with Crippen LogP contribution in [-0.4, -0.2) is 22.7 Å². The van der Waals surface area contributed by atoms with Crippen LogP contribution in [0.25, 0.3) is 11.6 Å². The summed E-state index contributed by atoms with van der Waals surface area (Å²) in [7, 11) is 0. The molecule has 0 unspecified atom stereocenters. The smallest absolute Gasteiger partial charge is 0.311 e. The van der Waals surface area contributed by atoms with Crippen molar-refractivity contribution < 1.29 is 23.2 Å². The lowest BCUT2D eigenvalue weighted by Crippen LogP contribution is -2.09. The van der Waals surface area contributed by atoms with Gasteiger partial charge in [-0.3, -0.25) is 4.79 Å². The van der Waals surface area contributed by atoms with Gasteiger partial charge in [-0.25, -0.2) is 0 Å². The molecule has 0 amide bonds. The van der Waals surface area contributed by atoms with Gasteiger partial charge >= 0.3 is 5.97 Å². The van der Waals surface area contributed by atoms with E-state index in [0.717, 1.165) is 12.2 Å². The Labute approximate surface area is 144 Å². The lowest BCUT2D eigenvalue weighted by Gasteiger charge is -2.06. The summed E-state index contributed by atoms with van der Waals surface area (Å²) in [6.07, 6.45) is 2.90. The Balaban J connectivity index is 1.48. The number of esters is 1. The maximum absolute atomic E-state index is 11.9. The molecule has 0 aliphatic carbocycles. The first-order valence-corrected chi connectivity index (χ1v) is 8.04. The number of hydrogen-bond donors (Lipinski definition) is 0. The topological polar surface area (TPSA) is 87.6 Å². The second-order valence-corrected chi connectivity index (χ2v) is 5.28. The second kappa shape index (κ2) is 8.14. The molecule has 0 aliphatic heterocycles. The Morgan fingerprint density at radius 3 is 2.68 bits per heavy atom. The van der Waals surface area contributed by atoms with E-state index in [-0.39, 0.29) is 12.4 Å². The first kappa shape index (κ1) is 16.8. The number of ether oxygens (including phenoxy) is 2. The van der Waals surface area contributed by atoms with Crippen LogP contribution in [0.3, 0.4) is 0 Å². The van der Waals surface area contributed by atoms with Gasteiger partial charge in [0.1, 0.15) is 11.5 Å². The number of hydrogen-bond acceptors (Lipinski definition) is 7. The van der Waals surface area contributed by atoms with Crippen LogP contribution in [0.2, 0.25) is 0 Å². The summed E-state index contributed by atoms with van der Waals surface area (Å²) in [5, 5.41) is 3.81. The molecule has 2 heterocycles. The minimum absolute atomic E-state index is 0.133. The Morgan fingerprint density at radius 1 is 1.16 bits per heavy atom. The number of aryl methyl sites for hydroxylation is 1. The standard InChI is InChI=1S/C18H18N2O5/c1-2-11-22-13-5-7-14(8-6-13)24-17(21)10-9-16-19-18(20-25-16)15-4-3-12-23-15/h3-8,12H,2,9-11H2,1H3. The van der Waals surface area contributed by atoms with Gasteiger partial charge in [-0.05, 0) is 42.8 Å². The first-order chi connectivity index (χ1) is 12.2. The van der Waals surface area contributed by atoms with Gasteiger partial charge in [0.2, 0.25) is 11.7 Å². The molecule has 0 N–H and O–H groups in total. The van der Waals surface area contributed by atoms with E-state index < -0.39 is 0 Å². The molecule has 0 saturated carbocycles. The predicted molar refractivity (Wildman–Crippen MR) is 88.2 cm³/mol. The Hall–Kier alpha value is -3.09. The highest BCUT2D eigenvalue weighted by atomic mass is 16.5. The van der Waals surface area contributed by atoms with E-state index >= 15 is 0 Å². The third-order valence-electron chi connectivity index (χ3n) is 3.28. The zero-order valence-corrected chi connectivity index (χ0v) is 13.8. The number of carbonyl (C=O) groups excluding carboxylic acids is 1. The van der Waals surface area contributed by atoms with Crippen molar-refractivity contribution in [3.8, 4) is 23.1 Å². The summed E-state index contributed by atoms with van der Waals surface area (Å²) in [4.78, 5) is 16.1. The average Bonchev–Trinajstić information content (AvgIpc) is 3.30. The molecule has 1 aromatic carbocycles. The van der Waals surface area contributed by atoms with E-state index in [4.69, 9.17) is 18.4 Å². The van der Waals surface area contributed by atoms with E-state index in [1.807, 2.05) is 6.92 Å². The van der Waals surface area contributed by atoms with Crippen molar-refractivity contribution in [3.63, 3.8) is 0 Å². The molecular weight excluding hydrogens is 324 g/mol. The van der Waals surface area contributed by atoms with Crippen LogP contribution in [0.5, 0.6) is 11.5 Å². The van der Waals surface area contributed by atoms with Crippen molar-refractivity contribution in [2.45, 2.75) is 26.2 Å². The van der Waals surface area contributed by atoms with Gasteiger partial charge in [-0.2, -0.15) is 4.98 Å². The van der Waals surface area contributed by atoms with Gasteiger partial charge in [-0.1, -0.05) is 12.1 Å². The van der Waals surface area contributed by atoms with Gasteiger partial charge in [-0.15, -0.1) is 0 Å². The van der Waals surface area contributed by atoms with Crippen molar-refractivity contribution in [1.29, 1.82) is 0 Å². The normalized spacial score (nSPS) is 10.6. The van der Waals surface area contributed by atoms with Crippen molar-refractivity contribution in [2.75, 3.05) is 6.61 Å². The molecule has 3 aromatic rings. The zero-order valence-electron chi connectivity index (χ0n) is 13.8. The number of nitrogens with zero attached hydrogens (tertiary/aromatic N) is 2. The van der Waals surface area contributed by atoms with Crippen LogP contribution >= 0.6 is 0 Å². The summed E-state index contributed by atoms with van der Waals surface area (Å²) in [6, 6.07) is 10.4. The molecule has 2 aromatic heterocycles. The Bertz CT molecular complexity index is 793. The molecule has 0 aliphatic rings. The Kier molecular flexibility index (Phi) is 5.46. The fourth-order valence-electron chi connectivity index (χ4n) is 2.08. The van der Waals surface area contributed by atoms with Gasteiger partial charge in [0.15, 0.2) is 5.76 Å². The molecule has 0 saturated heterocycles. The molecule has 0 fully saturated rings. The number of rotatable bonds is 8. The van der Waals surface area contributed by atoms with Crippen LogP contribution < -0.4 is 9.47 Å². The largest absolute Gasteiger partial charge is 0.494 e. The zero-order chi connectivity index (χ0) is 17.5. The van der Waals surface area contributed by atoms with E-state index in [9.17, 15) is 4.79 Å². The van der Waals surface area contributed by atoms with Crippen LogP contribution in [0.15, 0.2) is 51.6 Å². The van der Waals surface area contributed by atoms with Crippen LogP contribution in [0.1, 0.15) is 25.7 Å². The lowest BCUT2D eigenvalue weighted by molar-refractivity contribution is -0.134. The van der Waals surface area contributed by atoms with E-state index in [1.165, 1.54) is 6.26 Å². The van der Waals surface area contributed by atoms with Gasteiger partial charge in [0, 0.05) is 6.42 Å². The molecule has 25 heavy (non-hydrogen) atoms. The average molecular weight is 342 g/mol. The second-order valence-electron chi connectivity index (χ2n) is 5.28. The van der Waals surface area contributed by atoms with Crippen molar-refractivity contribution >= 4 is 5.97 Å². The van der Waals surface area contributed by atoms with E-state index in [0.29, 0.717) is 36.3 Å². The van der Waals surface area contributed by atoms with Crippen LogP contribution in [0, 0.1) is 0 Å². The Morgan fingerprint density at radius 2 is 1.96 bits per heavy atom. The fraction of sp³-hybridized carbons (Fsp3) is 0.278. The molecule has 0 atom stereocenters. The molecule has 130 valence electrons. The molecular formula is C18H18N2O5. The maximum atomic E-state index is 11.9. The minimum Gasteiger partial charge on any atom is -0.494 e. The lowest BCUT2D eigenvalue weighted by atomic mass is 10.3. The summed E-state index contributed by atoms with van der Waals surface area (Å²) in [5.41, 5.74) is 0. The van der Waals surface area contributed by atoms with E-state index in [1.54, 1.807) is 36.4 Å². The summed E-state index contributed by atoms with van der Waals surface area (Å²) < 4.78 is 21.0. The number of benzene rings is 1. The highest BCUT2D eigenvalue weighted by Gasteiger charge is 2.13. The number of furan rings is 1. The molecule has 0 radical (unpaired) electrons. The van der Waals surface area contributed by atoms with Gasteiger partial charge in [0.05, 0.1) is 19.3 Å². The molecule has 3 rings (SSSR count). The minimum atomic E-state index is -0.375. The van der Waals surface area contributed by atoms with Crippen molar-refractivity contribution in [2.24, 2.45) is 0 Å². The molecule has 7 nitrogen and oxygen atoms in total. The van der Waals surface area contributed by atoms with Crippen LogP contribution in [-0.2, 0) is 11.2 Å². The van der Waals surface area contributed by atoms with Crippen molar-refractivity contribution in [1.82, 2.24) is 10.1 Å². The SMILES string of the molecule is CCCOc1ccc(OC(=O)CCc2nc(-c3ccco3)no2)cc1. The van der Waals surface area contributed by atoms with Gasteiger partial charge in [0.25, 0.3) is 0 Å². The first-order valence-electron chi connectivity index (χ1n) is 8.04. The van der Waals surface area contributed by atoms with Crippen molar-refractivity contribution in [3.05, 3.63) is 48.6 Å². The monoisotopic (exact) mass is 342 g/mol. The number of aromatic nitrogens is 2. The fourth-order valence-corrected chi connectivity index (χ4v) is 2.08. The summed E-state index contributed by atoms with van der Waals surface area (Å²) in [6.45, 7) is 2.69. The predicted octanol–water partition coefficient (Wildman–Crippen LogP) is 3.66. The molecule has 7 heteroatoms.